The van der Waals surface area contributed by atoms with Crippen molar-refractivity contribution in [3.63, 3.8) is 0 Å². The molecule has 53 heavy (non-hydrogen) atoms. The summed E-state index contributed by atoms with van der Waals surface area (Å²) in [5.74, 6) is 0.153. The van der Waals surface area contributed by atoms with E-state index in [4.69, 9.17) is 29.2 Å². The number of alkyl carbamates (subject to hydrolysis) is 1. The number of methoxy groups -OCH3 is 1. The van der Waals surface area contributed by atoms with Crippen LogP contribution in [0.4, 0.5) is 16.2 Å². The third-order valence-corrected chi connectivity index (χ3v) is 9.53. The highest BCUT2D eigenvalue weighted by atomic mass is 32.2. The summed E-state index contributed by atoms with van der Waals surface area (Å²) in [6, 6.07) is 17.0. The number of esters is 1. The van der Waals surface area contributed by atoms with E-state index in [9.17, 15) is 13.8 Å². The minimum absolute atomic E-state index is 0.0334. The number of anilines is 1. The van der Waals surface area contributed by atoms with Gasteiger partial charge in [-0.3, -0.25) is 4.79 Å². The van der Waals surface area contributed by atoms with Crippen LogP contribution in [0, 0.1) is 12.5 Å². The van der Waals surface area contributed by atoms with Crippen LogP contribution in [-0.2, 0) is 36.5 Å². The van der Waals surface area contributed by atoms with Crippen molar-refractivity contribution in [2.24, 2.45) is 5.11 Å². The molecule has 0 fully saturated rings. The molecule has 0 aliphatic heterocycles. The maximum Gasteiger partial charge on any atom is 0.407 e. The average molecular weight is 754 g/mol. The molecule has 3 aromatic rings. The Kier molecular flexibility index (Phi) is 17.2. The van der Waals surface area contributed by atoms with E-state index < -0.39 is 28.6 Å². The van der Waals surface area contributed by atoms with Crippen LogP contribution in [0.2, 0.25) is 0 Å². The van der Waals surface area contributed by atoms with Crippen LogP contribution in [0.5, 0.6) is 11.5 Å². The van der Waals surface area contributed by atoms with Crippen molar-refractivity contribution in [3.8, 4) is 11.5 Å². The zero-order valence-corrected chi connectivity index (χ0v) is 33.0. The minimum atomic E-state index is -1.49. The third kappa shape index (κ3) is 13.1. The molecule has 3 aromatic carbocycles. The third-order valence-electron chi connectivity index (χ3n) is 8.04. The van der Waals surface area contributed by atoms with E-state index in [0.717, 1.165) is 23.1 Å². The molecule has 0 saturated heterocycles. The number of hydrogen-bond donors (Lipinski definition) is 3. The molecule has 0 aliphatic rings. The maximum absolute atomic E-state index is 13.9. The summed E-state index contributed by atoms with van der Waals surface area (Å²) >= 11 is 0. The van der Waals surface area contributed by atoms with Gasteiger partial charge in [-0.1, -0.05) is 37.3 Å². The zero-order chi connectivity index (χ0) is 39.0. The van der Waals surface area contributed by atoms with Gasteiger partial charge in [0.25, 0.3) is 0 Å². The number of carbonyl (C=O) groups is 2. The van der Waals surface area contributed by atoms with E-state index in [0.29, 0.717) is 46.4 Å². The molecule has 3 rings (SSSR count). The normalized spacial score (nSPS) is 12.5. The molecular formula is C39H55N5O8S. The molecule has 0 bridgehead atoms. The van der Waals surface area contributed by atoms with Crippen LogP contribution < -0.4 is 20.1 Å². The molecule has 0 spiro atoms. The van der Waals surface area contributed by atoms with Crippen molar-refractivity contribution in [2.45, 2.75) is 77.3 Å². The minimum Gasteiger partial charge on any atom is -0.495 e. The number of benzene rings is 3. The number of para-hydroxylation sites is 1. The fourth-order valence-electron chi connectivity index (χ4n) is 5.58. The molecule has 0 heterocycles. The molecule has 0 aromatic heterocycles. The first kappa shape index (κ1) is 42.9. The Morgan fingerprint density at radius 3 is 2.42 bits per heavy atom. The molecule has 2 unspecified atom stereocenters. The van der Waals surface area contributed by atoms with Crippen LogP contribution >= 0.6 is 0 Å². The lowest BCUT2D eigenvalue weighted by molar-refractivity contribution is -0.143. The number of nitrogens with one attached hydrogen (secondary N) is 3. The monoisotopic (exact) mass is 753 g/mol. The topological polar surface area (TPSA) is 161 Å². The van der Waals surface area contributed by atoms with Gasteiger partial charge in [0.15, 0.2) is 0 Å². The van der Waals surface area contributed by atoms with Crippen LogP contribution in [0.1, 0.15) is 75.6 Å². The van der Waals surface area contributed by atoms with Crippen molar-refractivity contribution in [2.75, 3.05) is 59.0 Å². The molecule has 0 saturated carbocycles. The van der Waals surface area contributed by atoms with Gasteiger partial charge >= 0.3 is 12.1 Å². The van der Waals surface area contributed by atoms with Crippen molar-refractivity contribution < 1.29 is 37.5 Å². The molecule has 3 N–H and O–H groups in total. The second kappa shape index (κ2) is 21.2. The summed E-state index contributed by atoms with van der Waals surface area (Å²) in [5, 5.41) is 9.51. The predicted molar refractivity (Wildman–Crippen MR) is 206 cm³/mol. The number of nitrogens with zero attached hydrogens (tertiary/aromatic N) is 2. The lowest BCUT2D eigenvalue weighted by Gasteiger charge is -2.25. The molecule has 290 valence electrons. The molecule has 14 heteroatoms. The van der Waals surface area contributed by atoms with Crippen molar-refractivity contribution >= 4 is 34.4 Å². The molecule has 1 amide bonds. The second-order valence-electron chi connectivity index (χ2n) is 13.2. The fraction of sp³-hybridized carbons (Fsp3) is 0.487. The highest BCUT2D eigenvalue weighted by Crippen LogP contribution is 2.41. The fourth-order valence-corrected chi connectivity index (χ4v) is 6.98. The van der Waals surface area contributed by atoms with E-state index >= 15 is 0 Å². The lowest BCUT2D eigenvalue weighted by atomic mass is 9.86. The Bertz CT molecular complexity index is 1700. The van der Waals surface area contributed by atoms with Gasteiger partial charge in [0.2, 0.25) is 0 Å². The van der Waals surface area contributed by atoms with E-state index in [1.165, 1.54) is 0 Å². The Morgan fingerprint density at radius 1 is 1.00 bits per heavy atom. The Labute approximate surface area is 316 Å². The maximum atomic E-state index is 13.9. The first-order valence-electron chi connectivity index (χ1n) is 17.8. The van der Waals surface area contributed by atoms with Crippen LogP contribution in [-0.4, -0.2) is 79.9 Å². The number of carbonyl (C=O) groups excluding carboxylic acids is 2. The number of rotatable bonds is 21. The van der Waals surface area contributed by atoms with Crippen LogP contribution in [0.15, 0.2) is 64.6 Å². The van der Waals surface area contributed by atoms with Gasteiger partial charge in [0.1, 0.15) is 46.1 Å². The molecular weight excluding hydrogens is 699 g/mol. The smallest absolute Gasteiger partial charge is 0.407 e. The molecule has 0 radical (unpaired) electrons. The second-order valence-corrected chi connectivity index (χ2v) is 14.6. The molecule has 2 atom stereocenters. The zero-order valence-electron chi connectivity index (χ0n) is 32.2. The Morgan fingerprint density at radius 2 is 1.75 bits per heavy atom. The first-order chi connectivity index (χ1) is 25.3. The van der Waals surface area contributed by atoms with Gasteiger partial charge in [0, 0.05) is 32.6 Å². The number of ether oxygens (including phenoxy) is 5. The standard InChI is InChI=1S/C39H55N5O8S/c1-9-18-44(53(47)35-14-12-11-13-33(35)48-8)26-30-22-28(16-15-27(30)3)31(25-36(45)50-10-2)29-23-32(43-40)37(41-7)34(24-29)51-21-20-49-19-17-42-38(46)52-39(4,5)6/h11-16,22-24,31,40-41H,9-10,17-21,25-26H2,1-8H3,(H,42,46). The number of aryl methyl sites for hydroxylation is 1. The number of hydrogen-bond acceptors (Lipinski definition) is 11. The first-order valence-corrected chi connectivity index (χ1v) is 18.9. The van der Waals surface area contributed by atoms with Gasteiger partial charge in [-0.2, -0.15) is 5.11 Å². The van der Waals surface area contributed by atoms with Crippen LogP contribution in [0.3, 0.4) is 0 Å². The average Bonchev–Trinajstić information content (AvgIpc) is 3.12. The molecule has 0 aliphatic carbocycles. The van der Waals surface area contributed by atoms with Gasteiger partial charge in [-0.05, 0) is 87.6 Å². The number of amides is 1. The van der Waals surface area contributed by atoms with Gasteiger partial charge in [-0.15, -0.1) is 0 Å². The van der Waals surface area contributed by atoms with Gasteiger partial charge < -0.3 is 34.3 Å². The van der Waals surface area contributed by atoms with Crippen molar-refractivity contribution in [1.82, 2.24) is 9.62 Å². The highest BCUT2D eigenvalue weighted by molar-refractivity contribution is 7.82. The summed E-state index contributed by atoms with van der Waals surface area (Å²) in [5.41, 5.74) is 11.7. The Hall–Kier alpha value is -4.53. The lowest BCUT2D eigenvalue weighted by Crippen LogP contribution is -2.34. The van der Waals surface area contributed by atoms with Crippen molar-refractivity contribution in [1.29, 1.82) is 5.53 Å². The summed E-state index contributed by atoms with van der Waals surface area (Å²) in [6.45, 7) is 13.4. The van der Waals surface area contributed by atoms with E-state index in [1.807, 2.05) is 60.6 Å². The highest BCUT2D eigenvalue weighted by Gasteiger charge is 2.25. The Balaban J connectivity index is 1.90. The van der Waals surface area contributed by atoms with Crippen molar-refractivity contribution in [3.05, 3.63) is 76.9 Å². The SMILES string of the molecule is CCCN(Cc1cc(C(CC(=O)OCC)c2cc(N=N)c(NC)c(OCCOCCNC(=O)OC(C)(C)C)c2)ccc1C)S(=O)c1ccccc1OC. The quantitative estimate of drug-likeness (QED) is 0.0564. The summed E-state index contributed by atoms with van der Waals surface area (Å²) < 4.78 is 43.8. The predicted octanol–water partition coefficient (Wildman–Crippen LogP) is 7.65. The summed E-state index contributed by atoms with van der Waals surface area (Å²) in [4.78, 5) is 25.5. The van der Waals surface area contributed by atoms with Crippen LogP contribution in [0.25, 0.3) is 0 Å². The van der Waals surface area contributed by atoms with Gasteiger partial charge in [0.05, 0.1) is 38.2 Å². The van der Waals surface area contributed by atoms with Gasteiger partial charge in [-0.25, -0.2) is 18.8 Å². The van der Waals surface area contributed by atoms with E-state index in [2.05, 4.69) is 15.7 Å². The summed E-state index contributed by atoms with van der Waals surface area (Å²) in [6.07, 6.45) is 0.309. The molecule has 13 nitrogen and oxygen atoms in total. The van der Waals surface area contributed by atoms with E-state index in [-0.39, 0.29) is 45.4 Å². The largest absolute Gasteiger partial charge is 0.495 e. The summed E-state index contributed by atoms with van der Waals surface area (Å²) in [7, 11) is 1.80. The van der Waals surface area contributed by atoms with E-state index in [1.54, 1.807) is 54.0 Å².